The summed E-state index contributed by atoms with van der Waals surface area (Å²) in [5, 5.41) is 0. The molecule has 102 valence electrons. The van der Waals surface area contributed by atoms with Crippen molar-refractivity contribution < 1.29 is 0 Å². The first-order valence-electron chi connectivity index (χ1n) is 6.49. The van der Waals surface area contributed by atoms with Crippen LogP contribution < -0.4 is 4.90 Å². The number of benzene rings is 1. The molecule has 0 fully saturated rings. The average molecular weight is 330 g/mol. The quantitative estimate of drug-likeness (QED) is 0.704. The zero-order valence-corrected chi connectivity index (χ0v) is 13.3. The minimum absolute atomic E-state index is 0.872. The van der Waals surface area contributed by atoms with Gasteiger partial charge in [-0.05, 0) is 35.0 Å². The maximum Gasteiger partial charge on any atom is 0.147 e. The Kier molecular flexibility index (Phi) is 3.26. The van der Waals surface area contributed by atoms with Crippen molar-refractivity contribution in [2.75, 3.05) is 19.0 Å². The second kappa shape index (κ2) is 4.94. The van der Waals surface area contributed by atoms with Gasteiger partial charge < -0.3 is 4.90 Å². The molecule has 0 amide bonds. The molecule has 0 saturated carbocycles. The SMILES string of the molecule is Cc1ccc(-c2nc(Br)c3cccc(N(C)C)n23)cc1. The van der Waals surface area contributed by atoms with Gasteiger partial charge in [0.15, 0.2) is 0 Å². The predicted molar refractivity (Wildman–Crippen MR) is 87.4 cm³/mol. The highest BCUT2D eigenvalue weighted by atomic mass is 79.9. The van der Waals surface area contributed by atoms with Crippen LogP contribution in [-0.4, -0.2) is 23.5 Å². The number of fused-ring (bicyclic) bond motifs is 1. The Morgan fingerprint density at radius 3 is 2.40 bits per heavy atom. The molecule has 2 heterocycles. The summed E-state index contributed by atoms with van der Waals surface area (Å²) in [6, 6.07) is 14.7. The van der Waals surface area contributed by atoms with Crippen molar-refractivity contribution in [1.82, 2.24) is 9.38 Å². The van der Waals surface area contributed by atoms with E-state index in [1.165, 1.54) is 5.56 Å². The second-order valence-corrected chi connectivity index (χ2v) is 5.84. The molecule has 0 unspecified atom stereocenters. The summed E-state index contributed by atoms with van der Waals surface area (Å²) in [7, 11) is 4.09. The summed E-state index contributed by atoms with van der Waals surface area (Å²) < 4.78 is 3.05. The van der Waals surface area contributed by atoms with Gasteiger partial charge in [0.25, 0.3) is 0 Å². The molecule has 0 aliphatic carbocycles. The van der Waals surface area contributed by atoms with Crippen molar-refractivity contribution in [3.63, 3.8) is 0 Å². The van der Waals surface area contributed by atoms with Crippen molar-refractivity contribution in [3.8, 4) is 11.4 Å². The van der Waals surface area contributed by atoms with Gasteiger partial charge in [0, 0.05) is 19.7 Å². The zero-order chi connectivity index (χ0) is 14.3. The Morgan fingerprint density at radius 2 is 1.75 bits per heavy atom. The third kappa shape index (κ3) is 2.10. The zero-order valence-electron chi connectivity index (χ0n) is 11.8. The highest BCUT2D eigenvalue weighted by Gasteiger charge is 2.14. The molecule has 1 aromatic carbocycles. The molecule has 3 nitrogen and oxygen atoms in total. The molecule has 0 spiro atoms. The van der Waals surface area contributed by atoms with Crippen LogP contribution in [0, 0.1) is 6.92 Å². The molecule has 0 N–H and O–H groups in total. The van der Waals surface area contributed by atoms with E-state index in [1.54, 1.807) is 0 Å². The molecule has 0 bridgehead atoms. The topological polar surface area (TPSA) is 20.5 Å². The van der Waals surface area contributed by atoms with Gasteiger partial charge in [-0.2, -0.15) is 0 Å². The fourth-order valence-corrected chi connectivity index (χ4v) is 2.80. The number of hydrogen-bond acceptors (Lipinski definition) is 2. The number of pyridine rings is 1. The normalized spacial score (nSPS) is 11.0. The van der Waals surface area contributed by atoms with Crippen molar-refractivity contribution in [3.05, 3.63) is 52.6 Å². The first-order chi connectivity index (χ1) is 9.58. The van der Waals surface area contributed by atoms with E-state index in [-0.39, 0.29) is 0 Å². The van der Waals surface area contributed by atoms with Crippen LogP contribution >= 0.6 is 15.9 Å². The summed E-state index contributed by atoms with van der Waals surface area (Å²) in [6.45, 7) is 2.09. The number of imidazole rings is 1. The van der Waals surface area contributed by atoms with Gasteiger partial charge in [-0.15, -0.1) is 0 Å². The number of aryl methyl sites for hydroxylation is 1. The highest BCUT2D eigenvalue weighted by molar-refractivity contribution is 9.10. The number of rotatable bonds is 2. The van der Waals surface area contributed by atoms with Crippen LogP contribution in [0.2, 0.25) is 0 Å². The number of nitrogens with zero attached hydrogens (tertiary/aromatic N) is 3. The molecule has 2 aromatic heterocycles. The van der Waals surface area contributed by atoms with Gasteiger partial charge in [0.1, 0.15) is 16.2 Å². The van der Waals surface area contributed by atoms with Crippen LogP contribution in [0.15, 0.2) is 47.1 Å². The summed E-state index contributed by atoms with van der Waals surface area (Å²) in [4.78, 5) is 6.78. The maximum atomic E-state index is 4.69. The first kappa shape index (κ1) is 13.2. The Bertz CT molecular complexity index is 757. The Balaban J connectivity index is 2.33. The van der Waals surface area contributed by atoms with Gasteiger partial charge in [-0.3, -0.25) is 4.40 Å². The third-order valence-electron chi connectivity index (χ3n) is 3.36. The number of aromatic nitrogens is 2. The summed E-state index contributed by atoms with van der Waals surface area (Å²) >= 11 is 3.56. The van der Waals surface area contributed by atoms with Crippen molar-refractivity contribution in [1.29, 1.82) is 0 Å². The van der Waals surface area contributed by atoms with Crippen molar-refractivity contribution >= 4 is 27.3 Å². The van der Waals surface area contributed by atoms with Crippen LogP contribution in [-0.2, 0) is 0 Å². The van der Waals surface area contributed by atoms with E-state index < -0.39 is 0 Å². The molecule has 20 heavy (non-hydrogen) atoms. The minimum Gasteiger partial charge on any atom is -0.364 e. The van der Waals surface area contributed by atoms with Crippen LogP contribution in [0.1, 0.15) is 5.56 Å². The maximum absolute atomic E-state index is 4.69. The first-order valence-corrected chi connectivity index (χ1v) is 7.28. The molecule has 3 rings (SSSR count). The summed E-state index contributed by atoms with van der Waals surface area (Å²) in [5.41, 5.74) is 3.44. The van der Waals surface area contributed by atoms with E-state index in [0.29, 0.717) is 0 Å². The Labute approximate surface area is 127 Å². The smallest absolute Gasteiger partial charge is 0.147 e. The lowest BCUT2D eigenvalue weighted by Crippen LogP contribution is -2.13. The molecule has 3 aromatic rings. The predicted octanol–water partition coefficient (Wildman–Crippen LogP) is 4.14. The van der Waals surface area contributed by atoms with E-state index in [1.807, 2.05) is 14.1 Å². The highest BCUT2D eigenvalue weighted by Crippen LogP contribution is 2.30. The van der Waals surface area contributed by atoms with E-state index >= 15 is 0 Å². The minimum atomic E-state index is 0.872. The van der Waals surface area contributed by atoms with E-state index in [0.717, 1.165) is 27.3 Å². The Hall–Kier alpha value is -1.81. The van der Waals surface area contributed by atoms with Crippen molar-refractivity contribution in [2.24, 2.45) is 0 Å². The Morgan fingerprint density at radius 1 is 1.05 bits per heavy atom. The molecular formula is C16H16BrN3. The van der Waals surface area contributed by atoms with Crippen LogP contribution in [0.3, 0.4) is 0 Å². The van der Waals surface area contributed by atoms with Gasteiger partial charge in [0.2, 0.25) is 0 Å². The van der Waals surface area contributed by atoms with Crippen LogP contribution in [0.25, 0.3) is 16.9 Å². The molecule has 0 aliphatic heterocycles. The third-order valence-corrected chi connectivity index (χ3v) is 3.95. The van der Waals surface area contributed by atoms with Gasteiger partial charge in [0.05, 0.1) is 5.52 Å². The lowest BCUT2D eigenvalue weighted by atomic mass is 10.1. The fourth-order valence-electron chi connectivity index (χ4n) is 2.33. The van der Waals surface area contributed by atoms with Gasteiger partial charge in [-0.25, -0.2) is 4.98 Å². The lowest BCUT2D eigenvalue weighted by molar-refractivity contribution is 1.02. The molecule has 0 aliphatic rings. The van der Waals surface area contributed by atoms with Crippen LogP contribution in [0.4, 0.5) is 5.82 Å². The average Bonchev–Trinajstić information content (AvgIpc) is 2.77. The number of hydrogen-bond donors (Lipinski definition) is 0. The molecule has 0 saturated heterocycles. The molecule has 4 heteroatoms. The lowest BCUT2D eigenvalue weighted by Gasteiger charge is -2.16. The largest absolute Gasteiger partial charge is 0.364 e. The second-order valence-electron chi connectivity index (χ2n) is 5.09. The van der Waals surface area contributed by atoms with E-state index in [2.05, 4.69) is 79.6 Å². The van der Waals surface area contributed by atoms with Crippen LogP contribution in [0.5, 0.6) is 0 Å². The molecular weight excluding hydrogens is 314 g/mol. The molecule has 0 atom stereocenters. The number of anilines is 1. The van der Waals surface area contributed by atoms with Crippen molar-refractivity contribution in [2.45, 2.75) is 6.92 Å². The monoisotopic (exact) mass is 329 g/mol. The summed E-state index contributed by atoms with van der Waals surface area (Å²) in [6.07, 6.45) is 0. The van der Waals surface area contributed by atoms with Gasteiger partial charge in [-0.1, -0.05) is 35.9 Å². The van der Waals surface area contributed by atoms with Gasteiger partial charge >= 0.3 is 0 Å². The van der Waals surface area contributed by atoms with E-state index in [9.17, 15) is 0 Å². The standard InChI is InChI=1S/C16H16BrN3/c1-11-7-9-12(10-8-11)16-18-15(17)13-5-4-6-14(19(2)3)20(13)16/h4-10H,1-3H3. The fraction of sp³-hybridized carbons (Fsp3) is 0.188. The van der Waals surface area contributed by atoms with E-state index in [4.69, 9.17) is 0 Å². The summed E-state index contributed by atoms with van der Waals surface area (Å²) in [5.74, 6) is 2.06. The molecule has 0 radical (unpaired) electrons. The number of halogens is 1.